The number of hydrogen-bond donors (Lipinski definition) is 2. The van der Waals surface area contributed by atoms with Crippen LogP contribution in [0.3, 0.4) is 0 Å². The lowest BCUT2D eigenvalue weighted by Gasteiger charge is -2.27. The van der Waals surface area contributed by atoms with Crippen molar-refractivity contribution < 1.29 is 34.0 Å². The van der Waals surface area contributed by atoms with Crippen molar-refractivity contribution in [1.82, 2.24) is 0 Å². The van der Waals surface area contributed by atoms with Gasteiger partial charge in [-0.05, 0) is 55.3 Å². The average molecular weight is 593 g/mol. The number of hydrogen-bond acceptors (Lipinski definition) is 7. The van der Waals surface area contributed by atoms with Crippen molar-refractivity contribution in [3.63, 3.8) is 0 Å². The molecule has 1 atom stereocenters. The van der Waals surface area contributed by atoms with Gasteiger partial charge in [-0.1, -0.05) is 46.9 Å². The number of rotatable bonds is 7. The number of ketones is 1. The van der Waals surface area contributed by atoms with E-state index in [4.69, 9.17) is 49.0 Å². The number of phenolic OH excluding ortho intramolecular Hbond substituents is 1. The Balaban J connectivity index is 2.07. The van der Waals surface area contributed by atoms with Crippen molar-refractivity contribution in [1.29, 1.82) is 0 Å². The van der Waals surface area contributed by atoms with Crippen LogP contribution in [0.2, 0.25) is 15.1 Å². The molecule has 39 heavy (non-hydrogen) atoms. The third kappa shape index (κ3) is 4.84. The number of anilines is 1. The second-order valence-electron chi connectivity index (χ2n) is 8.50. The maximum atomic E-state index is 13.6. The van der Waals surface area contributed by atoms with Crippen LogP contribution in [0, 0.1) is 6.92 Å². The molecule has 0 radical (unpaired) electrons. The monoisotopic (exact) mass is 591 g/mol. The Morgan fingerprint density at radius 1 is 1.00 bits per heavy atom. The molecule has 11 heteroatoms. The van der Waals surface area contributed by atoms with E-state index in [0.717, 1.165) is 0 Å². The summed E-state index contributed by atoms with van der Waals surface area (Å²) in [5, 5.41) is 22.3. The number of aliphatic hydroxyl groups excluding tert-OH is 1. The molecule has 1 heterocycles. The molecule has 0 aromatic heterocycles. The molecule has 1 unspecified atom stereocenters. The molecule has 3 aromatic carbocycles. The highest BCUT2D eigenvalue weighted by Gasteiger charge is 2.48. The number of aliphatic hydroxyl groups is 1. The summed E-state index contributed by atoms with van der Waals surface area (Å²) in [5.41, 5.74) is 0.993. The molecule has 0 aliphatic carbocycles. The third-order valence-corrected chi connectivity index (χ3v) is 7.37. The number of carbonyl (C=O) groups is 2. The van der Waals surface area contributed by atoms with Crippen LogP contribution in [-0.2, 0) is 9.59 Å². The van der Waals surface area contributed by atoms with Crippen LogP contribution in [0.5, 0.6) is 23.0 Å². The first-order chi connectivity index (χ1) is 18.6. The Labute approximate surface area is 239 Å². The smallest absolute Gasteiger partial charge is 0.300 e. The predicted octanol–water partition coefficient (Wildman–Crippen LogP) is 6.70. The van der Waals surface area contributed by atoms with Gasteiger partial charge in [-0.15, -0.1) is 0 Å². The lowest BCUT2D eigenvalue weighted by atomic mass is 9.94. The second-order valence-corrected chi connectivity index (χ2v) is 9.69. The van der Waals surface area contributed by atoms with E-state index in [1.165, 1.54) is 43.4 Å². The molecule has 1 aliphatic rings. The number of methoxy groups -OCH3 is 2. The number of ether oxygens (including phenoxy) is 3. The Hall–Kier alpha value is -3.59. The van der Waals surface area contributed by atoms with Gasteiger partial charge in [-0.2, -0.15) is 0 Å². The molecule has 2 N–H and O–H groups in total. The maximum Gasteiger partial charge on any atom is 0.300 e. The van der Waals surface area contributed by atoms with E-state index in [1.807, 2.05) is 0 Å². The zero-order chi connectivity index (χ0) is 28.6. The summed E-state index contributed by atoms with van der Waals surface area (Å²) in [7, 11) is 2.69. The zero-order valence-electron chi connectivity index (χ0n) is 21.3. The summed E-state index contributed by atoms with van der Waals surface area (Å²) in [6.07, 6.45) is 0. The number of benzene rings is 3. The van der Waals surface area contributed by atoms with Crippen molar-refractivity contribution in [2.75, 3.05) is 25.7 Å². The van der Waals surface area contributed by atoms with Crippen LogP contribution in [0.4, 0.5) is 5.69 Å². The molecule has 1 amide bonds. The van der Waals surface area contributed by atoms with E-state index < -0.39 is 23.5 Å². The zero-order valence-corrected chi connectivity index (χ0v) is 23.6. The van der Waals surface area contributed by atoms with Crippen molar-refractivity contribution in [2.24, 2.45) is 0 Å². The minimum atomic E-state index is -1.15. The van der Waals surface area contributed by atoms with Crippen LogP contribution in [0.1, 0.15) is 29.7 Å². The van der Waals surface area contributed by atoms with Gasteiger partial charge in [-0.3, -0.25) is 14.5 Å². The summed E-state index contributed by atoms with van der Waals surface area (Å²) < 4.78 is 16.2. The van der Waals surface area contributed by atoms with Crippen LogP contribution < -0.4 is 19.1 Å². The van der Waals surface area contributed by atoms with Crippen LogP contribution in [0.15, 0.2) is 48.0 Å². The molecule has 8 nitrogen and oxygen atoms in total. The highest BCUT2D eigenvalue weighted by Crippen LogP contribution is 2.49. The van der Waals surface area contributed by atoms with Gasteiger partial charge in [0, 0.05) is 10.7 Å². The topological polar surface area (TPSA) is 106 Å². The third-order valence-electron chi connectivity index (χ3n) is 6.34. The Morgan fingerprint density at radius 3 is 2.33 bits per heavy atom. The van der Waals surface area contributed by atoms with Gasteiger partial charge in [0.25, 0.3) is 11.7 Å². The summed E-state index contributed by atoms with van der Waals surface area (Å²) in [6, 6.07) is 9.55. The highest BCUT2D eigenvalue weighted by atomic mass is 35.5. The molecule has 4 rings (SSSR count). The highest BCUT2D eigenvalue weighted by molar-refractivity contribution is 6.52. The van der Waals surface area contributed by atoms with E-state index in [2.05, 4.69) is 0 Å². The van der Waals surface area contributed by atoms with Gasteiger partial charge in [0.1, 0.15) is 10.8 Å². The van der Waals surface area contributed by atoms with Gasteiger partial charge >= 0.3 is 0 Å². The fraction of sp³-hybridized carbons (Fsp3) is 0.214. The number of aromatic hydroxyl groups is 1. The van der Waals surface area contributed by atoms with Gasteiger partial charge in [-0.25, -0.2) is 0 Å². The number of Topliss-reactive ketones (excluding diaryl/α,β-unsaturated/α-hetero) is 1. The van der Waals surface area contributed by atoms with E-state index in [0.29, 0.717) is 21.8 Å². The quantitative estimate of drug-likeness (QED) is 0.179. The van der Waals surface area contributed by atoms with Crippen LogP contribution in [0.25, 0.3) is 5.76 Å². The van der Waals surface area contributed by atoms with E-state index in [1.54, 1.807) is 32.0 Å². The molecule has 0 spiro atoms. The van der Waals surface area contributed by atoms with Gasteiger partial charge in [0.2, 0.25) is 0 Å². The predicted molar refractivity (Wildman–Crippen MR) is 150 cm³/mol. The first-order valence-corrected chi connectivity index (χ1v) is 12.8. The molecule has 1 saturated heterocycles. The first-order valence-electron chi connectivity index (χ1n) is 11.7. The molecular formula is C28H24Cl3NO7. The van der Waals surface area contributed by atoms with Gasteiger partial charge in [0.15, 0.2) is 23.0 Å². The summed E-state index contributed by atoms with van der Waals surface area (Å²) in [4.78, 5) is 28.4. The summed E-state index contributed by atoms with van der Waals surface area (Å²) in [6.45, 7) is 3.71. The molecule has 1 fully saturated rings. The van der Waals surface area contributed by atoms with Gasteiger partial charge < -0.3 is 24.4 Å². The number of amides is 1. The van der Waals surface area contributed by atoms with Crippen molar-refractivity contribution >= 4 is 57.9 Å². The summed E-state index contributed by atoms with van der Waals surface area (Å²) >= 11 is 19.1. The molecule has 3 aromatic rings. The Morgan fingerprint density at radius 2 is 1.69 bits per heavy atom. The Kier molecular flexibility index (Phi) is 8.20. The maximum absolute atomic E-state index is 13.6. The summed E-state index contributed by atoms with van der Waals surface area (Å²) in [5.74, 6) is -2.34. The Bertz CT molecular complexity index is 1520. The van der Waals surface area contributed by atoms with Crippen LogP contribution >= 0.6 is 34.8 Å². The average Bonchev–Trinajstić information content (AvgIpc) is 3.16. The SMILES string of the molecule is CCOc1cc(C2/C(=C(\O)c3cc(Cl)c(OC)c(Cl)c3OC)C(=O)C(=O)N2c2cccc(Cl)c2C)ccc1O. The number of carbonyl (C=O) groups excluding carboxylic acids is 2. The fourth-order valence-electron chi connectivity index (χ4n) is 4.52. The molecule has 0 bridgehead atoms. The number of halogens is 3. The lowest BCUT2D eigenvalue weighted by molar-refractivity contribution is -0.132. The largest absolute Gasteiger partial charge is 0.507 e. The molecular weight excluding hydrogens is 569 g/mol. The second kappa shape index (κ2) is 11.3. The van der Waals surface area contributed by atoms with Gasteiger partial charge in [0.05, 0.1) is 43.0 Å². The van der Waals surface area contributed by atoms with Crippen LogP contribution in [-0.4, -0.2) is 42.7 Å². The fourth-order valence-corrected chi connectivity index (χ4v) is 5.37. The van der Waals surface area contributed by atoms with E-state index >= 15 is 0 Å². The molecule has 204 valence electrons. The number of phenols is 1. The number of nitrogens with zero attached hydrogens (tertiary/aromatic N) is 1. The van der Waals surface area contributed by atoms with Crippen molar-refractivity contribution in [2.45, 2.75) is 19.9 Å². The molecule has 0 saturated carbocycles. The molecule has 1 aliphatic heterocycles. The first kappa shape index (κ1) is 28.4. The lowest BCUT2D eigenvalue weighted by Crippen LogP contribution is -2.30. The minimum Gasteiger partial charge on any atom is -0.507 e. The normalized spacial score (nSPS) is 16.5. The van der Waals surface area contributed by atoms with E-state index in [9.17, 15) is 19.8 Å². The minimum absolute atomic E-state index is 0.0139. The van der Waals surface area contributed by atoms with Crippen molar-refractivity contribution in [3.8, 4) is 23.0 Å². The standard InChI is InChI=1S/C28H24Cl3NO7/c1-5-39-20-11-14(9-10-19(20)33)23-21(24(34)15-12-17(30)27(38-4)22(31)26(15)37-3)25(35)28(36)32(23)18-8-6-7-16(29)13(18)2/h6-12,23,33-34H,5H2,1-4H3/b24-21+. The van der Waals surface area contributed by atoms with E-state index in [-0.39, 0.29) is 50.8 Å². The van der Waals surface area contributed by atoms with Crippen molar-refractivity contribution in [3.05, 3.63) is 79.8 Å².